The minimum atomic E-state index is -0.518. The molecule has 0 aliphatic heterocycles. The monoisotopic (exact) mass is 703 g/mol. The summed E-state index contributed by atoms with van der Waals surface area (Å²) in [6.45, 7) is 11.1. The van der Waals surface area contributed by atoms with Crippen molar-refractivity contribution in [1.82, 2.24) is 25.2 Å². The van der Waals surface area contributed by atoms with E-state index in [1.807, 2.05) is 30.3 Å². The number of halogens is 2. The van der Waals surface area contributed by atoms with Gasteiger partial charge in [0.05, 0.1) is 26.9 Å². The van der Waals surface area contributed by atoms with Crippen molar-refractivity contribution in [3.05, 3.63) is 119 Å². The highest BCUT2D eigenvalue weighted by atomic mass is 35.5. The fraction of sp³-hybridized carbons (Fsp3) is 0.243. The van der Waals surface area contributed by atoms with Crippen molar-refractivity contribution in [2.45, 2.75) is 46.6 Å². The van der Waals surface area contributed by atoms with Crippen LogP contribution in [0.25, 0.3) is 22.4 Å². The Morgan fingerprint density at radius 3 is 2.27 bits per heavy atom. The van der Waals surface area contributed by atoms with E-state index in [0.29, 0.717) is 68.3 Å². The highest BCUT2D eigenvalue weighted by Crippen LogP contribution is 2.32. The number of pyridine rings is 1. The molecule has 2 amide bonds. The number of nitrogens with zero attached hydrogens (tertiary/aromatic N) is 3. The van der Waals surface area contributed by atoms with Gasteiger partial charge in [0, 0.05) is 48.6 Å². The van der Waals surface area contributed by atoms with Gasteiger partial charge in [-0.25, -0.2) is 4.98 Å². The average molecular weight is 705 g/mol. The maximum Gasteiger partial charge on any atom is 0.251 e. The molecule has 0 unspecified atom stereocenters. The Labute approximate surface area is 297 Å². The lowest BCUT2D eigenvalue weighted by molar-refractivity contribution is -0.118. The third-order valence-electron chi connectivity index (χ3n) is 6.54. The SMILES string of the molecule is C=C(N)NCCC.CCC.NC(=O)Cn1c(-c2cccc(Oc3ccc(Cl)c(Cl)c3)c2)nc2cc(C(=O)NCCc3ccccn3)ccc21. The molecule has 2 heterocycles. The van der Waals surface area contributed by atoms with Crippen molar-refractivity contribution in [2.75, 3.05) is 13.1 Å². The smallest absolute Gasteiger partial charge is 0.251 e. The normalized spacial score (nSPS) is 10.2. The molecule has 0 atom stereocenters. The third kappa shape index (κ3) is 12.2. The van der Waals surface area contributed by atoms with E-state index in [9.17, 15) is 9.59 Å². The summed E-state index contributed by atoms with van der Waals surface area (Å²) in [6.07, 6.45) is 4.68. The summed E-state index contributed by atoms with van der Waals surface area (Å²) in [7, 11) is 0. The lowest BCUT2D eigenvalue weighted by Gasteiger charge is -2.10. The quantitative estimate of drug-likeness (QED) is 0.105. The number of amides is 2. The number of nitrogens with one attached hydrogen (secondary N) is 2. The van der Waals surface area contributed by atoms with Crippen molar-refractivity contribution >= 4 is 46.0 Å². The molecular formula is C37H43Cl2N7O3. The van der Waals surface area contributed by atoms with Gasteiger partial charge in [-0.15, -0.1) is 0 Å². The summed E-state index contributed by atoms with van der Waals surface area (Å²) in [5.41, 5.74) is 14.0. The molecule has 0 radical (unpaired) electrons. The van der Waals surface area contributed by atoms with Crippen molar-refractivity contribution in [3.8, 4) is 22.9 Å². The second-order valence-electron chi connectivity index (χ2n) is 10.9. The van der Waals surface area contributed by atoms with Gasteiger partial charge in [0.25, 0.3) is 5.91 Å². The summed E-state index contributed by atoms with van der Waals surface area (Å²) in [5, 5.41) is 6.60. The predicted octanol–water partition coefficient (Wildman–Crippen LogP) is 7.49. The first-order valence-electron chi connectivity index (χ1n) is 15.9. The minimum Gasteiger partial charge on any atom is -0.457 e. The van der Waals surface area contributed by atoms with Crippen LogP contribution in [0.2, 0.25) is 10.0 Å². The Kier molecular flexibility index (Phi) is 15.4. The first-order valence-corrected chi connectivity index (χ1v) is 16.7. The Bertz CT molecular complexity index is 1850. The molecule has 3 aromatic carbocycles. The van der Waals surface area contributed by atoms with Gasteiger partial charge in [-0.05, 0) is 61.0 Å². The first kappa shape index (κ1) is 38.4. The number of nitrogens with two attached hydrogens (primary N) is 2. The Balaban J connectivity index is 0.000000572. The zero-order valence-electron chi connectivity index (χ0n) is 28.0. The molecule has 6 N–H and O–H groups in total. The summed E-state index contributed by atoms with van der Waals surface area (Å²) in [6, 6.07) is 23.1. The topological polar surface area (TPSA) is 150 Å². The Hall–Kier alpha value is -5.06. The van der Waals surface area contributed by atoms with E-state index in [1.165, 1.54) is 6.42 Å². The summed E-state index contributed by atoms with van der Waals surface area (Å²) >= 11 is 12.1. The summed E-state index contributed by atoms with van der Waals surface area (Å²) in [5.74, 6) is 1.38. The van der Waals surface area contributed by atoms with E-state index in [2.05, 4.69) is 43.0 Å². The van der Waals surface area contributed by atoms with Crippen molar-refractivity contribution in [2.24, 2.45) is 11.5 Å². The molecule has 258 valence electrons. The molecule has 0 saturated heterocycles. The van der Waals surface area contributed by atoms with Crippen LogP contribution in [0.1, 0.15) is 49.7 Å². The standard InChI is InChI=1S/C29H23Cl2N5O3.C5H12N2.C3H8/c30-23-9-8-22(16-24(23)31)39-21-6-3-4-18(14-21)28-35-25-15-19(7-10-26(25)36(28)17-27(32)37)29(38)34-13-11-20-5-1-2-12-33-20;1-3-4-7-5(2)6;1-3-2/h1-10,12,14-16H,11,13,17H2,(H2,32,37)(H,34,38);7H,2-4,6H2,1H3;3H2,1-2H3. The number of rotatable bonds is 12. The molecule has 0 saturated carbocycles. The summed E-state index contributed by atoms with van der Waals surface area (Å²) < 4.78 is 7.68. The second-order valence-corrected chi connectivity index (χ2v) is 11.7. The fourth-order valence-corrected chi connectivity index (χ4v) is 4.71. The lowest BCUT2D eigenvalue weighted by atomic mass is 10.2. The van der Waals surface area contributed by atoms with Crippen LogP contribution < -0.4 is 26.8 Å². The Morgan fingerprint density at radius 2 is 1.63 bits per heavy atom. The van der Waals surface area contributed by atoms with Gasteiger partial charge in [0.1, 0.15) is 23.9 Å². The molecule has 5 aromatic rings. The van der Waals surface area contributed by atoms with Crippen LogP contribution in [0.15, 0.2) is 97.5 Å². The van der Waals surface area contributed by atoms with Crippen LogP contribution in [-0.2, 0) is 17.8 Å². The molecule has 2 aromatic heterocycles. The third-order valence-corrected chi connectivity index (χ3v) is 7.28. The zero-order valence-corrected chi connectivity index (χ0v) is 29.5. The molecule has 12 heteroatoms. The van der Waals surface area contributed by atoms with E-state index in [1.54, 1.807) is 59.3 Å². The number of fused-ring (bicyclic) bond motifs is 1. The number of imidazole rings is 1. The first-order chi connectivity index (χ1) is 23.6. The van der Waals surface area contributed by atoms with E-state index in [4.69, 9.17) is 44.4 Å². The predicted molar refractivity (Wildman–Crippen MR) is 199 cm³/mol. The molecule has 49 heavy (non-hydrogen) atoms. The molecule has 10 nitrogen and oxygen atoms in total. The highest BCUT2D eigenvalue weighted by Gasteiger charge is 2.17. The van der Waals surface area contributed by atoms with Gasteiger partial charge >= 0.3 is 0 Å². The number of carbonyl (C=O) groups excluding carboxylic acids is 2. The lowest BCUT2D eigenvalue weighted by Crippen LogP contribution is -2.25. The molecule has 0 fully saturated rings. The maximum absolute atomic E-state index is 12.8. The van der Waals surface area contributed by atoms with Crippen molar-refractivity contribution < 1.29 is 14.3 Å². The summed E-state index contributed by atoms with van der Waals surface area (Å²) in [4.78, 5) is 33.8. The van der Waals surface area contributed by atoms with Gasteiger partial charge < -0.3 is 31.4 Å². The van der Waals surface area contributed by atoms with Gasteiger partial charge in [-0.3, -0.25) is 14.6 Å². The highest BCUT2D eigenvalue weighted by molar-refractivity contribution is 6.42. The number of primary amides is 1. The van der Waals surface area contributed by atoms with Crippen LogP contribution in [0.3, 0.4) is 0 Å². The van der Waals surface area contributed by atoms with Gasteiger partial charge in [-0.2, -0.15) is 0 Å². The molecule has 0 aliphatic carbocycles. The van der Waals surface area contributed by atoms with Crippen LogP contribution in [0.4, 0.5) is 0 Å². The largest absolute Gasteiger partial charge is 0.457 e. The fourth-order valence-electron chi connectivity index (χ4n) is 4.42. The van der Waals surface area contributed by atoms with E-state index < -0.39 is 5.91 Å². The van der Waals surface area contributed by atoms with E-state index in [0.717, 1.165) is 18.7 Å². The molecule has 0 aliphatic rings. The van der Waals surface area contributed by atoms with Crippen LogP contribution in [0.5, 0.6) is 11.5 Å². The molecule has 0 spiro atoms. The maximum atomic E-state index is 12.8. The molecule has 0 bridgehead atoms. The average Bonchev–Trinajstić information content (AvgIpc) is 3.43. The van der Waals surface area contributed by atoms with Gasteiger partial charge in [-0.1, -0.05) is 75.2 Å². The van der Waals surface area contributed by atoms with Crippen LogP contribution in [-0.4, -0.2) is 39.4 Å². The van der Waals surface area contributed by atoms with Crippen molar-refractivity contribution in [3.63, 3.8) is 0 Å². The number of carbonyl (C=O) groups is 2. The van der Waals surface area contributed by atoms with E-state index in [-0.39, 0.29) is 12.5 Å². The second kappa shape index (κ2) is 19.7. The number of aromatic nitrogens is 3. The van der Waals surface area contributed by atoms with Crippen LogP contribution >= 0.6 is 23.2 Å². The number of ether oxygens (including phenoxy) is 1. The number of hydrogen-bond acceptors (Lipinski definition) is 7. The molecule has 5 rings (SSSR count). The van der Waals surface area contributed by atoms with Gasteiger partial charge in [0.2, 0.25) is 5.91 Å². The van der Waals surface area contributed by atoms with Crippen molar-refractivity contribution in [1.29, 1.82) is 0 Å². The molecular weight excluding hydrogens is 661 g/mol. The van der Waals surface area contributed by atoms with Gasteiger partial charge in [0.15, 0.2) is 0 Å². The number of benzene rings is 3. The van der Waals surface area contributed by atoms with Crippen LogP contribution in [0, 0.1) is 0 Å². The Morgan fingerprint density at radius 1 is 0.878 bits per heavy atom. The van der Waals surface area contributed by atoms with E-state index >= 15 is 0 Å². The zero-order chi connectivity index (χ0) is 35.8. The minimum absolute atomic E-state index is 0.0840. The number of hydrogen-bond donors (Lipinski definition) is 4.